The zero-order valence-corrected chi connectivity index (χ0v) is 11.7. The summed E-state index contributed by atoms with van der Waals surface area (Å²) in [6.45, 7) is 4.10. The molecular formula is C14H14N2O5. The Morgan fingerprint density at radius 3 is 2.67 bits per heavy atom. The number of hydrogen-bond donors (Lipinski definition) is 0. The lowest BCUT2D eigenvalue weighted by atomic mass is 10.1. The summed E-state index contributed by atoms with van der Waals surface area (Å²) in [5, 5.41) is 11.1. The molecule has 2 aromatic rings. The van der Waals surface area contributed by atoms with Gasteiger partial charge in [0.2, 0.25) is 5.43 Å². The van der Waals surface area contributed by atoms with Crippen molar-refractivity contribution in [3.05, 3.63) is 50.3 Å². The number of benzene rings is 1. The Balaban J connectivity index is 2.76. The SMILES string of the molecule is CCOC(=O)c1cn(CC)c2cc([N+](=O)[O-])ccc2c1=O. The maximum atomic E-state index is 12.3. The van der Waals surface area contributed by atoms with Gasteiger partial charge in [-0.15, -0.1) is 0 Å². The van der Waals surface area contributed by atoms with Crippen LogP contribution >= 0.6 is 0 Å². The molecular weight excluding hydrogens is 276 g/mol. The number of carbonyl (C=O) groups is 1. The molecule has 7 heteroatoms. The molecule has 1 heterocycles. The van der Waals surface area contributed by atoms with Crippen LogP contribution in [0.15, 0.2) is 29.2 Å². The number of carbonyl (C=O) groups excluding carboxylic acids is 1. The number of nitro benzene ring substituents is 1. The Hall–Kier alpha value is -2.70. The third kappa shape index (κ3) is 2.62. The molecule has 0 spiro atoms. The summed E-state index contributed by atoms with van der Waals surface area (Å²) in [7, 11) is 0. The summed E-state index contributed by atoms with van der Waals surface area (Å²) in [6.07, 6.45) is 1.38. The maximum Gasteiger partial charge on any atom is 0.343 e. The Kier molecular flexibility index (Phi) is 4.02. The van der Waals surface area contributed by atoms with Crippen molar-refractivity contribution in [2.24, 2.45) is 0 Å². The van der Waals surface area contributed by atoms with Gasteiger partial charge in [0, 0.05) is 30.3 Å². The van der Waals surface area contributed by atoms with E-state index < -0.39 is 16.3 Å². The summed E-state index contributed by atoms with van der Waals surface area (Å²) in [6, 6.07) is 3.94. The number of rotatable bonds is 4. The lowest BCUT2D eigenvalue weighted by Gasteiger charge is -2.10. The average molecular weight is 290 g/mol. The number of fused-ring (bicyclic) bond motifs is 1. The van der Waals surface area contributed by atoms with Gasteiger partial charge in [0.15, 0.2) is 0 Å². The summed E-state index contributed by atoms with van der Waals surface area (Å²) in [5.41, 5.74) is -0.235. The lowest BCUT2D eigenvalue weighted by Crippen LogP contribution is -2.20. The van der Waals surface area contributed by atoms with Crippen molar-refractivity contribution in [3.63, 3.8) is 0 Å². The van der Waals surface area contributed by atoms with E-state index in [0.717, 1.165) is 0 Å². The highest BCUT2D eigenvalue weighted by Crippen LogP contribution is 2.19. The van der Waals surface area contributed by atoms with E-state index in [1.165, 1.54) is 24.4 Å². The second-order valence-electron chi connectivity index (χ2n) is 4.34. The van der Waals surface area contributed by atoms with Crippen LogP contribution in [-0.2, 0) is 11.3 Å². The third-order valence-corrected chi connectivity index (χ3v) is 3.11. The molecule has 0 aliphatic rings. The van der Waals surface area contributed by atoms with E-state index in [9.17, 15) is 19.7 Å². The van der Waals surface area contributed by atoms with Crippen molar-refractivity contribution in [1.29, 1.82) is 0 Å². The largest absolute Gasteiger partial charge is 0.462 e. The van der Waals surface area contributed by atoms with Crippen molar-refractivity contribution >= 4 is 22.6 Å². The van der Waals surface area contributed by atoms with Crippen molar-refractivity contribution in [2.45, 2.75) is 20.4 Å². The lowest BCUT2D eigenvalue weighted by molar-refractivity contribution is -0.384. The number of esters is 1. The van der Waals surface area contributed by atoms with Crippen LogP contribution in [0.3, 0.4) is 0 Å². The van der Waals surface area contributed by atoms with Crippen LogP contribution in [0.1, 0.15) is 24.2 Å². The van der Waals surface area contributed by atoms with E-state index in [4.69, 9.17) is 4.74 Å². The Labute approximate surface area is 119 Å². The molecule has 2 rings (SSSR count). The monoisotopic (exact) mass is 290 g/mol. The number of nitrogens with zero attached hydrogens (tertiary/aromatic N) is 2. The highest BCUT2D eigenvalue weighted by Gasteiger charge is 2.18. The molecule has 0 fully saturated rings. The predicted molar refractivity (Wildman–Crippen MR) is 76.5 cm³/mol. The Morgan fingerprint density at radius 1 is 1.38 bits per heavy atom. The van der Waals surface area contributed by atoms with Gasteiger partial charge in [-0.25, -0.2) is 4.79 Å². The number of aryl methyl sites for hydroxylation is 1. The molecule has 0 amide bonds. The molecule has 0 unspecified atom stereocenters. The van der Waals surface area contributed by atoms with Gasteiger partial charge in [0.1, 0.15) is 5.56 Å². The van der Waals surface area contributed by atoms with Crippen LogP contribution < -0.4 is 5.43 Å². The first-order valence-corrected chi connectivity index (χ1v) is 6.48. The second kappa shape index (κ2) is 5.74. The van der Waals surface area contributed by atoms with E-state index in [0.29, 0.717) is 12.1 Å². The fraction of sp³-hybridized carbons (Fsp3) is 0.286. The summed E-state index contributed by atoms with van der Waals surface area (Å²) in [5.74, 6) is -0.690. The molecule has 0 saturated carbocycles. The van der Waals surface area contributed by atoms with E-state index in [-0.39, 0.29) is 23.2 Å². The van der Waals surface area contributed by atoms with Crippen LogP contribution in [0.4, 0.5) is 5.69 Å². The third-order valence-electron chi connectivity index (χ3n) is 3.11. The molecule has 7 nitrogen and oxygen atoms in total. The molecule has 110 valence electrons. The molecule has 21 heavy (non-hydrogen) atoms. The molecule has 1 aromatic carbocycles. The van der Waals surface area contributed by atoms with E-state index in [1.807, 2.05) is 6.92 Å². The highest BCUT2D eigenvalue weighted by atomic mass is 16.6. The van der Waals surface area contributed by atoms with Crippen LogP contribution in [0.25, 0.3) is 10.9 Å². The Morgan fingerprint density at radius 2 is 2.10 bits per heavy atom. The van der Waals surface area contributed by atoms with Crippen molar-refractivity contribution < 1.29 is 14.5 Å². The minimum atomic E-state index is -0.690. The van der Waals surface area contributed by atoms with Crippen LogP contribution in [-0.4, -0.2) is 22.1 Å². The Bertz CT molecular complexity index is 779. The van der Waals surface area contributed by atoms with Gasteiger partial charge in [-0.05, 0) is 19.9 Å². The van der Waals surface area contributed by atoms with Gasteiger partial charge < -0.3 is 9.30 Å². The average Bonchev–Trinajstić information content (AvgIpc) is 2.47. The molecule has 0 aliphatic heterocycles. The van der Waals surface area contributed by atoms with Gasteiger partial charge in [0.25, 0.3) is 5.69 Å². The van der Waals surface area contributed by atoms with Gasteiger partial charge in [-0.2, -0.15) is 0 Å². The minimum absolute atomic E-state index is 0.0694. The maximum absolute atomic E-state index is 12.3. The van der Waals surface area contributed by atoms with Gasteiger partial charge in [0.05, 0.1) is 17.0 Å². The first kappa shape index (κ1) is 14.7. The fourth-order valence-electron chi connectivity index (χ4n) is 2.11. The quantitative estimate of drug-likeness (QED) is 0.488. The number of ether oxygens (including phenoxy) is 1. The smallest absolute Gasteiger partial charge is 0.343 e. The molecule has 0 radical (unpaired) electrons. The number of aromatic nitrogens is 1. The first-order chi connectivity index (χ1) is 9.99. The number of pyridine rings is 1. The molecule has 0 atom stereocenters. The summed E-state index contributed by atoms with van der Waals surface area (Å²) >= 11 is 0. The number of hydrogen-bond acceptors (Lipinski definition) is 5. The summed E-state index contributed by atoms with van der Waals surface area (Å²) < 4.78 is 6.48. The zero-order chi connectivity index (χ0) is 15.6. The van der Waals surface area contributed by atoms with Crippen molar-refractivity contribution in [2.75, 3.05) is 6.61 Å². The molecule has 0 N–H and O–H groups in total. The zero-order valence-electron chi connectivity index (χ0n) is 11.7. The van der Waals surface area contributed by atoms with Crippen molar-refractivity contribution in [3.8, 4) is 0 Å². The van der Waals surface area contributed by atoms with Gasteiger partial charge >= 0.3 is 5.97 Å². The number of nitro groups is 1. The molecule has 0 bridgehead atoms. The highest BCUT2D eigenvalue weighted by molar-refractivity contribution is 5.94. The molecule has 0 aliphatic carbocycles. The normalized spacial score (nSPS) is 10.6. The second-order valence-corrected chi connectivity index (χ2v) is 4.34. The predicted octanol–water partition coefficient (Wildman–Crippen LogP) is 2.11. The topological polar surface area (TPSA) is 91.4 Å². The van der Waals surface area contributed by atoms with E-state index in [1.54, 1.807) is 11.5 Å². The summed E-state index contributed by atoms with van der Waals surface area (Å²) in [4.78, 5) is 34.4. The molecule has 1 aromatic heterocycles. The van der Waals surface area contributed by atoms with Crippen LogP contribution in [0, 0.1) is 10.1 Å². The van der Waals surface area contributed by atoms with Gasteiger partial charge in [-0.1, -0.05) is 0 Å². The first-order valence-electron chi connectivity index (χ1n) is 6.48. The molecule has 0 saturated heterocycles. The minimum Gasteiger partial charge on any atom is -0.462 e. The number of non-ortho nitro benzene ring substituents is 1. The van der Waals surface area contributed by atoms with Crippen molar-refractivity contribution in [1.82, 2.24) is 4.57 Å². The standard InChI is InChI=1S/C14H14N2O5/c1-3-15-8-11(14(18)21-4-2)13(17)10-6-5-9(16(19)20)7-12(10)15/h5-8H,3-4H2,1-2H3. The van der Waals surface area contributed by atoms with E-state index >= 15 is 0 Å². The fourth-order valence-corrected chi connectivity index (χ4v) is 2.11. The van der Waals surface area contributed by atoms with E-state index in [2.05, 4.69) is 0 Å². The van der Waals surface area contributed by atoms with Crippen LogP contribution in [0.5, 0.6) is 0 Å². The van der Waals surface area contributed by atoms with Gasteiger partial charge in [-0.3, -0.25) is 14.9 Å². The van der Waals surface area contributed by atoms with Crippen LogP contribution in [0.2, 0.25) is 0 Å².